The molecule has 1 amide bonds. The van der Waals surface area contributed by atoms with Crippen LogP contribution in [-0.4, -0.2) is 29.9 Å². The second-order valence-electron chi connectivity index (χ2n) is 3.85. The molecule has 1 saturated heterocycles. The second-order valence-corrected chi connectivity index (χ2v) is 4.77. The first kappa shape index (κ1) is 12.1. The molecule has 0 aromatic heterocycles. The summed E-state index contributed by atoms with van der Waals surface area (Å²) in [4.78, 5) is 24.4. The van der Waals surface area contributed by atoms with E-state index in [0.29, 0.717) is 31.7 Å². The van der Waals surface area contributed by atoms with Gasteiger partial charge in [-0.3, -0.25) is 4.79 Å². The normalized spacial score (nSPS) is 15.8. The number of Topliss-reactive ketones (excluding diaryl/α,β-unsaturated/α-hetero) is 1. The number of ether oxygens (including phenoxy) is 1. The Balaban J connectivity index is 1.95. The van der Waals surface area contributed by atoms with Crippen molar-refractivity contribution in [1.82, 2.24) is 4.90 Å². The molecule has 1 heterocycles. The van der Waals surface area contributed by atoms with E-state index in [1.807, 2.05) is 6.07 Å². The molecule has 1 fully saturated rings. The van der Waals surface area contributed by atoms with E-state index in [9.17, 15) is 9.59 Å². The Bertz CT molecular complexity index is 437. The van der Waals surface area contributed by atoms with Gasteiger partial charge in [0.05, 0.1) is 0 Å². The summed E-state index contributed by atoms with van der Waals surface area (Å²) in [6.07, 6.45) is 0.455. The molecule has 0 aliphatic carbocycles. The summed E-state index contributed by atoms with van der Waals surface area (Å²) < 4.78 is 6.07. The molecule has 5 heteroatoms. The van der Waals surface area contributed by atoms with E-state index in [4.69, 9.17) is 4.74 Å². The van der Waals surface area contributed by atoms with Gasteiger partial charge in [-0.25, -0.2) is 4.79 Å². The van der Waals surface area contributed by atoms with Gasteiger partial charge in [0.1, 0.15) is 11.5 Å². The molecule has 0 bridgehead atoms. The summed E-state index contributed by atoms with van der Waals surface area (Å²) in [5.74, 6) is 0.706. The maximum atomic E-state index is 11.8. The van der Waals surface area contributed by atoms with Crippen molar-refractivity contribution in [1.29, 1.82) is 0 Å². The third-order valence-electron chi connectivity index (χ3n) is 2.58. The Morgan fingerprint density at radius 1 is 1.29 bits per heavy atom. The number of nitrogens with zero attached hydrogens (tertiary/aromatic N) is 1. The summed E-state index contributed by atoms with van der Waals surface area (Å²) in [5, 5.41) is 0. The van der Waals surface area contributed by atoms with Crippen LogP contribution in [0.25, 0.3) is 0 Å². The lowest BCUT2D eigenvalue weighted by atomic mass is 10.1. The molecule has 1 aromatic rings. The molecule has 4 nitrogen and oxygen atoms in total. The van der Waals surface area contributed by atoms with Crippen molar-refractivity contribution in [2.24, 2.45) is 0 Å². The topological polar surface area (TPSA) is 46.6 Å². The molecule has 1 aliphatic heterocycles. The third kappa shape index (κ3) is 3.30. The Morgan fingerprint density at radius 2 is 2.00 bits per heavy atom. The molecule has 0 radical (unpaired) electrons. The number of halogens is 1. The van der Waals surface area contributed by atoms with Crippen molar-refractivity contribution in [2.75, 3.05) is 13.1 Å². The monoisotopic (exact) mass is 297 g/mol. The van der Waals surface area contributed by atoms with Crippen LogP contribution in [0.1, 0.15) is 12.8 Å². The highest BCUT2D eigenvalue weighted by molar-refractivity contribution is 9.10. The fraction of sp³-hybridized carbons (Fsp3) is 0.333. The van der Waals surface area contributed by atoms with E-state index < -0.39 is 6.09 Å². The zero-order chi connectivity index (χ0) is 12.3. The summed E-state index contributed by atoms with van der Waals surface area (Å²) in [6.45, 7) is 0.900. The Labute approximate surface area is 108 Å². The van der Waals surface area contributed by atoms with E-state index in [2.05, 4.69) is 15.9 Å². The van der Waals surface area contributed by atoms with Crippen LogP contribution in [0.3, 0.4) is 0 Å². The molecule has 17 heavy (non-hydrogen) atoms. The van der Waals surface area contributed by atoms with Crippen LogP contribution in [0.4, 0.5) is 4.79 Å². The molecule has 1 aliphatic rings. The number of hydrogen-bond donors (Lipinski definition) is 0. The van der Waals surface area contributed by atoms with Gasteiger partial charge in [-0.05, 0) is 18.2 Å². The minimum Gasteiger partial charge on any atom is -0.410 e. The fourth-order valence-electron chi connectivity index (χ4n) is 1.63. The van der Waals surface area contributed by atoms with Crippen molar-refractivity contribution < 1.29 is 14.3 Å². The molecular weight excluding hydrogens is 286 g/mol. The number of amides is 1. The molecular formula is C12H12BrNO3. The second kappa shape index (κ2) is 5.31. The van der Waals surface area contributed by atoms with Gasteiger partial charge in [-0.2, -0.15) is 0 Å². The van der Waals surface area contributed by atoms with Gasteiger partial charge in [0.2, 0.25) is 0 Å². The van der Waals surface area contributed by atoms with Crippen LogP contribution in [0.15, 0.2) is 28.7 Å². The minimum atomic E-state index is -0.393. The summed E-state index contributed by atoms with van der Waals surface area (Å²) >= 11 is 3.31. The minimum absolute atomic E-state index is 0.205. The van der Waals surface area contributed by atoms with Gasteiger partial charge in [0, 0.05) is 30.4 Å². The lowest BCUT2D eigenvalue weighted by Crippen LogP contribution is -2.40. The number of hydrogen-bond acceptors (Lipinski definition) is 3. The van der Waals surface area contributed by atoms with Crippen LogP contribution in [-0.2, 0) is 4.79 Å². The fourth-order valence-corrected chi connectivity index (χ4v) is 2.01. The van der Waals surface area contributed by atoms with E-state index >= 15 is 0 Å². The quantitative estimate of drug-likeness (QED) is 0.800. The Hall–Kier alpha value is -1.36. The predicted molar refractivity (Wildman–Crippen MR) is 66.0 cm³/mol. The average molecular weight is 298 g/mol. The third-order valence-corrected chi connectivity index (χ3v) is 3.07. The van der Waals surface area contributed by atoms with Crippen LogP contribution in [0.5, 0.6) is 5.75 Å². The zero-order valence-electron chi connectivity index (χ0n) is 9.19. The SMILES string of the molecule is O=C1CCN(C(=O)Oc2cccc(Br)c2)CC1. The van der Waals surface area contributed by atoms with Crippen molar-refractivity contribution in [3.8, 4) is 5.75 Å². The molecule has 2 rings (SSSR count). The molecule has 90 valence electrons. The molecule has 1 aromatic carbocycles. The lowest BCUT2D eigenvalue weighted by Gasteiger charge is -2.25. The van der Waals surface area contributed by atoms with Gasteiger partial charge in [-0.1, -0.05) is 22.0 Å². The van der Waals surface area contributed by atoms with Crippen LogP contribution in [0, 0.1) is 0 Å². The Kier molecular flexibility index (Phi) is 3.78. The van der Waals surface area contributed by atoms with Gasteiger partial charge in [0.15, 0.2) is 0 Å². The zero-order valence-corrected chi connectivity index (χ0v) is 10.8. The van der Waals surface area contributed by atoms with Crippen LogP contribution < -0.4 is 4.74 Å². The number of carbonyl (C=O) groups excluding carboxylic acids is 2. The van der Waals surface area contributed by atoms with Crippen molar-refractivity contribution in [3.05, 3.63) is 28.7 Å². The van der Waals surface area contributed by atoms with Gasteiger partial charge < -0.3 is 9.64 Å². The van der Waals surface area contributed by atoms with Crippen molar-refractivity contribution in [3.63, 3.8) is 0 Å². The van der Waals surface area contributed by atoms with Crippen molar-refractivity contribution >= 4 is 27.8 Å². The maximum absolute atomic E-state index is 11.8. The first-order chi connectivity index (χ1) is 8.15. The van der Waals surface area contributed by atoms with E-state index in [1.54, 1.807) is 23.1 Å². The van der Waals surface area contributed by atoms with E-state index in [0.717, 1.165) is 4.47 Å². The molecule has 0 N–H and O–H groups in total. The number of ketones is 1. The maximum Gasteiger partial charge on any atom is 0.415 e. The first-order valence-corrected chi connectivity index (χ1v) is 6.18. The molecule has 0 spiro atoms. The van der Waals surface area contributed by atoms with Gasteiger partial charge in [0.25, 0.3) is 0 Å². The van der Waals surface area contributed by atoms with Crippen LogP contribution >= 0.6 is 15.9 Å². The highest BCUT2D eigenvalue weighted by Gasteiger charge is 2.22. The standard InChI is InChI=1S/C12H12BrNO3/c13-9-2-1-3-11(8-9)17-12(16)14-6-4-10(15)5-7-14/h1-3,8H,4-7H2. The highest BCUT2D eigenvalue weighted by Crippen LogP contribution is 2.19. The predicted octanol–water partition coefficient (Wildman–Crippen LogP) is 2.61. The first-order valence-electron chi connectivity index (χ1n) is 5.39. The van der Waals surface area contributed by atoms with Crippen molar-refractivity contribution in [2.45, 2.75) is 12.8 Å². The number of carbonyl (C=O) groups is 2. The molecule has 0 unspecified atom stereocenters. The molecule has 0 atom stereocenters. The molecule has 0 saturated carbocycles. The van der Waals surface area contributed by atoms with E-state index in [1.165, 1.54) is 0 Å². The largest absolute Gasteiger partial charge is 0.415 e. The van der Waals surface area contributed by atoms with E-state index in [-0.39, 0.29) is 5.78 Å². The number of piperidine rings is 1. The smallest absolute Gasteiger partial charge is 0.410 e. The average Bonchev–Trinajstić information content (AvgIpc) is 2.29. The summed E-state index contributed by atoms with van der Waals surface area (Å²) in [7, 11) is 0. The van der Waals surface area contributed by atoms with Gasteiger partial charge in [-0.15, -0.1) is 0 Å². The number of benzene rings is 1. The summed E-state index contributed by atoms with van der Waals surface area (Å²) in [6, 6.07) is 7.11. The lowest BCUT2D eigenvalue weighted by molar-refractivity contribution is -0.121. The number of rotatable bonds is 1. The highest BCUT2D eigenvalue weighted by atomic mass is 79.9. The van der Waals surface area contributed by atoms with Gasteiger partial charge >= 0.3 is 6.09 Å². The van der Waals surface area contributed by atoms with Crippen LogP contribution in [0.2, 0.25) is 0 Å². The summed E-state index contributed by atoms with van der Waals surface area (Å²) in [5.41, 5.74) is 0. The number of likely N-dealkylation sites (tertiary alicyclic amines) is 1. The Morgan fingerprint density at radius 3 is 2.65 bits per heavy atom.